The van der Waals surface area contributed by atoms with E-state index in [4.69, 9.17) is 14.2 Å². The zero-order valence-electron chi connectivity index (χ0n) is 32.9. The van der Waals surface area contributed by atoms with Crippen molar-refractivity contribution in [2.24, 2.45) is 62.1 Å². The molecule has 4 saturated carbocycles. The molecule has 304 valence electrons. The van der Waals surface area contributed by atoms with Gasteiger partial charge in [0.2, 0.25) is 0 Å². The lowest BCUT2D eigenvalue weighted by atomic mass is 9.29. The summed E-state index contributed by atoms with van der Waals surface area (Å²) in [5, 5.41) is 76.6. The number of carboxylic acid groups (broad SMARTS) is 1. The van der Waals surface area contributed by atoms with Crippen LogP contribution in [0, 0.1) is 62.1 Å². The van der Waals surface area contributed by atoms with Crippen LogP contribution in [0.2, 0.25) is 0 Å². The Morgan fingerprint density at radius 3 is 2.31 bits per heavy atom. The fourth-order valence-corrected chi connectivity index (χ4v) is 14.3. The monoisotopic (exact) mass is 766 g/mol. The van der Waals surface area contributed by atoms with Crippen molar-refractivity contribution < 1.29 is 54.8 Å². The number of carboxylic acids is 1. The number of aliphatic hydroxyl groups excluding tert-OH is 6. The zero-order chi connectivity index (χ0) is 39.5. The Kier molecular flexibility index (Phi) is 9.67. The van der Waals surface area contributed by atoms with Gasteiger partial charge in [0, 0.05) is 17.9 Å². The first-order valence-corrected chi connectivity index (χ1v) is 20.4. The van der Waals surface area contributed by atoms with Gasteiger partial charge in [0.1, 0.15) is 23.7 Å². The van der Waals surface area contributed by atoms with Crippen molar-refractivity contribution in [2.45, 2.75) is 123 Å². The third kappa shape index (κ3) is 5.36. The lowest BCUT2D eigenvalue weighted by Gasteiger charge is -2.76. The molecule has 0 spiro atoms. The minimum atomic E-state index is -1.51. The maximum atomic E-state index is 13.3. The highest BCUT2D eigenvalue weighted by Crippen LogP contribution is 2.79. The summed E-state index contributed by atoms with van der Waals surface area (Å²) < 4.78 is 19.5. The van der Waals surface area contributed by atoms with Gasteiger partial charge in [-0.1, -0.05) is 88.8 Å². The summed E-state index contributed by atoms with van der Waals surface area (Å²) in [6.07, 6.45) is 2.22. The standard InChI is InChI=1S/C44H62O11/c1-39(22-45)18-28-26-13-14-30-42(4,41(26,3)15-16-44(28,38(51)52)31(48)19-39)17-25-11-12-27-34(53-20-24-9-7-6-8-10-24)36(40(2,23-46)35(25)43(27,30)5)55-37-33(50)32(49)29(47)21-54-37/h6-13,25,27-37,45-50H,14-23H2,1-5H3,(H,51,52)/t25-,27-,28-,29+,30-,31+,32-,33+,34+,35+,36+,37-,39+,40-,41+,42+,43+,44-/m0/s1. The van der Waals surface area contributed by atoms with Crippen molar-refractivity contribution >= 4 is 5.97 Å². The first-order chi connectivity index (χ1) is 25.9. The van der Waals surface area contributed by atoms with Gasteiger partial charge in [-0.25, -0.2) is 0 Å². The lowest BCUT2D eigenvalue weighted by molar-refractivity contribution is -0.346. The smallest absolute Gasteiger partial charge is 0.312 e. The SMILES string of the molecule is C[C@]1(CO)C[C@@H](O)[C@]2(C(=O)O)CC[C@]3(C)C(=CC[C@@H]4[C@]5(C)[C@@H]6[C@@H](C=C[C@H]5[C@@H](OCc5ccccc5)[C@@H](O[C@@H]5OC[C@@H](O)[C@H](O)[C@H]5O)[C@@]6(C)CO)C[C@]43C)[C@@H]2C1. The second-order valence-electron chi connectivity index (χ2n) is 19.8. The van der Waals surface area contributed by atoms with Gasteiger partial charge >= 0.3 is 5.97 Å². The Morgan fingerprint density at radius 2 is 1.64 bits per heavy atom. The molecule has 0 aromatic heterocycles. The van der Waals surface area contributed by atoms with E-state index in [1.165, 1.54) is 0 Å². The normalized spacial score (nSPS) is 52.7. The van der Waals surface area contributed by atoms with E-state index in [0.29, 0.717) is 25.7 Å². The number of hydrogen-bond donors (Lipinski definition) is 7. The van der Waals surface area contributed by atoms with Crippen LogP contribution in [-0.4, -0.2) is 104 Å². The average molecular weight is 767 g/mol. The molecule has 11 heteroatoms. The van der Waals surface area contributed by atoms with Crippen molar-refractivity contribution in [3.8, 4) is 0 Å². The van der Waals surface area contributed by atoms with Crippen LogP contribution in [0.1, 0.15) is 78.7 Å². The van der Waals surface area contributed by atoms with Gasteiger partial charge in [-0.15, -0.1) is 0 Å². The molecular weight excluding hydrogens is 704 g/mol. The Labute approximate surface area is 324 Å². The second kappa shape index (κ2) is 13.4. The molecule has 1 aromatic carbocycles. The molecule has 7 N–H and O–H groups in total. The first-order valence-electron chi connectivity index (χ1n) is 20.4. The predicted octanol–water partition coefficient (Wildman–Crippen LogP) is 3.83. The molecule has 1 aliphatic heterocycles. The Morgan fingerprint density at radius 1 is 0.909 bits per heavy atom. The summed E-state index contributed by atoms with van der Waals surface area (Å²) in [6.45, 7) is 10.8. The van der Waals surface area contributed by atoms with E-state index >= 15 is 0 Å². The zero-order valence-corrected chi connectivity index (χ0v) is 32.9. The van der Waals surface area contributed by atoms with Crippen molar-refractivity contribution in [2.75, 3.05) is 19.8 Å². The molecule has 5 fully saturated rings. The molecular formula is C44H62O11. The van der Waals surface area contributed by atoms with E-state index < -0.39 is 81.9 Å². The van der Waals surface area contributed by atoms with E-state index in [2.05, 4.69) is 45.9 Å². The van der Waals surface area contributed by atoms with Crippen LogP contribution in [0.3, 0.4) is 0 Å². The molecule has 55 heavy (non-hydrogen) atoms. The van der Waals surface area contributed by atoms with Gasteiger partial charge in [-0.2, -0.15) is 0 Å². The number of fused-ring (bicyclic) bond motifs is 5. The lowest BCUT2D eigenvalue weighted by Crippen LogP contribution is -2.75. The molecule has 6 aliphatic carbocycles. The van der Waals surface area contributed by atoms with E-state index in [1.807, 2.05) is 37.3 Å². The maximum absolute atomic E-state index is 13.3. The highest BCUT2D eigenvalue weighted by molar-refractivity contribution is 5.77. The summed E-state index contributed by atoms with van der Waals surface area (Å²) in [5.41, 5.74) is -1.82. The molecule has 0 unspecified atom stereocenters. The van der Waals surface area contributed by atoms with Crippen LogP contribution in [0.15, 0.2) is 54.1 Å². The number of allylic oxidation sites excluding steroid dienone is 3. The van der Waals surface area contributed by atoms with Gasteiger partial charge in [0.05, 0.1) is 38.1 Å². The Hall–Kier alpha value is -2.19. The van der Waals surface area contributed by atoms with Gasteiger partial charge in [0.25, 0.3) is 0 Å². The van der Waals surface area contributed by atoms with Gasteiger partial charge in [-0.3, -0.25) is 4.79 Å². The van der Waals surface area contributed by atoms with E-state index in [9.17, 15) is 40.5 Å². The van der Waals surface area contributed by atoms with Crippen LogP contribution >= 0.6 is 0 Å². The van der Waals surface area contributed by atoms with Crippen LogP contribution in [-0.2, 0) is 25.6 Å². The molecule has 1 heterocycles. The Bertz CT molecular complexity index is 1700. The fourth-order valence-electron chi connectivity index (χ4n) is 14.3. The van der Waals surface area contributed by atoms with Crippen LogP contribution in [0.25, 0.3) is 0 Å². The number of rotatable bonds is 8. The average Bonchev–Trinajstić information content (AvgIpc) is 3.14. The maximum Gasteiger partial charge on any atom is 0.312 e. The van der Waals surface area contributed by atoms with Crippen molar-refractivity contribution in [1.29, 1.82) is 0 Å². The molecule has 18 atom stereocenters. The summed E-state index contributed by atoms with van der Waals surface area (Å²) in [7, 11) is 0. The van der Waals surface area contributed by atoms with Crippen LogP contribution < -0.4 is 0 Å². The number of hydrogen-bond acceptors (Lipinski definition) is 10. The van der Waals surface area contributed by atoms with E-state index in [-0.39, 0.29) is 61.9 Å². The molecule has 7 aliphatic rings. The minimum Gasteiger partial charge on any atom is -0.481 e. The molecule has 8 rings (SSSR count). The summed E-state index contributed by atoms with van der Waals surface area (Å²) in [4.78, 5) is 13.3. The van der Waals surface area contributed by atoms with Crippen molar-refractivity contribution in [3.63, 3.8) is 0 Å². The van der Waals surface area contributed by atoms with Crippen molar-refractivity contribution in [3.05, 3.63) is 59.7 Å². The summed E-state index contributed by atoms with van der Waals surface area (Å²) in [5.74, 6) is -1.51. The predicted molar refractivity (Wildman–Crippen MR) is 201 cm³/mol. The van der Waals surface area contributed by atoms with Crippen LogP contribution in [0.5, 0.6) is 0 Å². The van der Waals surface area contributed by atoms with Gasteiger partial charge in [-0.05, 0) is 89.4 Å². The number of aliphatic hydroxyl groups is 6. The topological polar surface area (TPSA) is 186 Å². The molecule has 4 bridgehead atoms. The second-order valence-corrected chi connectivity index (χ2v) is 19.8. The number of benzene rings is 1. The Balaban J connectivity index is 1.23. The third-order valence-electron chi connectivity index (χ3n) is 17.2. The summed E-state index contributed by atoms with van der Waals surface area (Å²) >= 11 is 0. The first kappa shape index (κ1) is 39.6. The highest BCUT2D eigenvalue weighted by Gasteiger charge is 2.76. The molecule has 1 saturated heterocycles. The molecule has 1 aromatic rings. The molecule has 0 amide bonds. The third-order valence-corrected chi connectivity index (χ3v) is 17.2. The van der Waals surface area contributed by atoms with E-state index in [0.717, 1.165) is 17.6 Å². The number of aliphatic carboxylic acids is 1. The quantitative estimate of drug-likeness (QED) is 0.151. The van der Waals surface area contributed by atoms with Crippen molar-refractivity contribution in [1.82, 2.24) is 0 Å². The highest BCUT2D eigenvalue weighted by atomic mass is 16.7. The van der Waals surface area contributed by atoms with Gasteiger partial charge < -0.3 is 50.0 Å². The summed E-state index contributed by atoms with van der Waals surface area (Å²) in [6, 6.07) is 9.88. The number of carbonyl (C=O) groups is 1. The largest absolute Gasteiger partial charge is 0.481 e. The number of ether oxygens (including phenoxy) is 3. The molecule has 11 nitrogen and oxygen atoms in total. The minimum absolute atomic E-state index is 0.0208. The van der Waals surface area contributed by atoms with Crippen LogP contribution in [0.4, 0.5) is 0 Å². The molecule has 0 radical (unpaired) electrons. The fraction of sp³-hybridized carbons (Fsp3) is 0.750. The van der Waals surface area contributed by atoms with Gasteiger partial charge in [0.15, 0.2) is 6.29 Å². The van der Waals surface area contributed by atoms with E-state index in [1.54, 1.807) is 0 Å².